The predicted molar refractivity (Wildman–Crippen MR) is 179 cm³/mol. The molecule has 3 atom stereocenters. The molecule has 0 aromatic heterocycles. The number of amides is 2. The minimum Gasteiger partial charge on any atom is -0.487 e. The number of nitrogens with zero attached hydrogens (tertiary/aromatic N) is 1. The average Bonchev–Trinajstić information content (AvgIpc) is 3.01. The molecule has 254 valence electrons. The van der Waals surface area contributed by atoms with Crippen LogP contribution in [0.15, 0.2) is 53.4 Å². The highest BCUT2D eigenvalue weighted by Crippen LogP contribution is 2.42. The van der Waals surface area contributed by atoms with Crippen LogP contribution in [0.25, 0.3) is 0 Å². The molecule has 2 bridgehead atoms. The molecule has 2 amide bonds. The first-order valence-corrected chi connectivity index (χ1v) is 18.5. The first-order valence-electron chi connectivity index (χ1n) is 16.6. The van der Waals surface area contributed by atoms with Crippen LogP contribution < -0.4 is 19.7 Å². The van der Waals surface area contributed by atoms with Crippen molar-refractivity contribution in [1.82, 2.24) is 10.0 Å². The maximum atomic E-state index is 13.6. The van der Waals surface area contributed by atoms with E-state index in [2.05, 4.69) is 14.9 Å². The van der Waals surface area contributed by atoms with E-state index in [0.717, 1.165) is 62.5 Å². The van der Waals surface area contributed by atoms with Crippen molar-refractivity contribution in [3.63, 3.8) is 0 Å². The van der Waals surface area contributed by atoms with E-state index in [0.29, 0.717) is 36.2 Å². The first-order chi connectivity index (χ1) is 22.5. The van der Waals surface area contributed by atoms with E-state index in [1.165, 1.54) is 19.9 Å². The molecule has 0 unspecified atom stereocenters. The molecule has 2 fully saturated rings. The van der Waals surface area contributed by atoms with Gasteiger partial charge in [-0.25, -0.2) is 17.9 Å². The van der Waals surface area contributed by atoms with E-state index in [9.17, 15) is 18.0 Å². The van der Waals surface area contributed by atoms with Crippen molar-refractivity contribution in [3.05, 3.63) is 64.7 Å². The Balaban J connectivity index is 1.35. The van der Waals surface area contributed by atoms with E-state index in [-0.39, 0.29) is 29.4 Å². The third-order valence-corrected chi connectivity index (χ3v) is 11.5. The highest BCUT2D eigenvalue weighted by Gasteiger charge is 2.40. The standard InChI is InChI=1S/C35H44ClN3O7S/c1-35(2)33(40)38-47(42,43)28-14-16-32-30(20-28)39(17-4-3-7-23-19-26(36)13-11-25(23)22-44-32)21-24-12-15-29(24)31(10-6-18-45-35)46-34(41)37-27-8-5-9-27/h6,10-11,13-14,16,19-20,24,27,29,31H,3-5,7-9,12,15,17-18,21-22H2,1-2H3,(H,37,41)(H,38,40)/b10-6+/t24-,29+,31-/m0/s1. The highest BCUT2D eigenvalue weighted by molar-refractivity contribution is 7.90. The number of carbonyl (C=O) groups is 2. The van der Waals surface area contributed by atoms with Gasteiger partial charge >= 0.3 is 6.09 Å². The van der Waals surface area contributed by atoms with Crippen molar-refractivity contribution >= 4 is 39.3 Å². The largest absolute Gasteiger partial charge is 0.487 e. The van der Waals surface area contributed by atoms with Gasteiger partial charge in [0, 0.05) is 30.1 Å². The normalized spacial score (nSPS) is 26.7. The Labute approximate surface area is 282 Å². The average molecular weight is 686 g/mol. The Morgan fingerprint density at radius 3 is 2.64 bits per heavy atom. The fraction of sp³-hybridized carbons (Fsp3) is 0.543. The number of benzene rings is 2. The second-order valence-electron chi connectivity index (χ2n) is 13.6. The SMILES string of the molecule is CC1(C)OC/C=C/[C@H](OC(=O)NC2CCC2)[C@@H]2CC[C@H]2CN2CCCCc3cc(Cl)ccc3COc3ccc(cc32)S(=O)(=O)NC1=O. The molecule has 2 N–H and O–H groups in total. The van der Waals surface area contributed by atoms with Gasteiger partial charge in [0.1, 0.15) is 24.1 Å². The minimum absolute atomic E-state index is 0.0396. The smallest absolute Gasteiger partial charge is 0.407 e. The molecule has 0 radical (unpaired) electrons. The number of halogens is 1. The Bertz CT molecular complexity index is 1620. The summed E-state index contributed by atoms with van der Waals surface area (Å²) >= 11 is 6.33. The fourth-order valence-corrected chi connectivity index (χ4v) is 7.90. The fourth-order valence-electron chi connectivity index (χ4n) is 6.58. The van der Waals surface area contributed by atoms with Crippen LogP contribution >= 0.6 is 11.6 Å². The number of rotatable bonds is 2. The van der Waals surface area contributed by atoms with Gasteiger partial charge in [0.25, 0.3) is 15.9 Å². The molecule has 2 heterocycles. The number of ether oxygens (including phenoxy) is 3. The first kappa shape index (κ1) is 33.6. The lowest BCUT2D eigenvalue weighted by Crippen LogP contribution is -2.47. The second-order valence-corrected chi connectivity index (χ2v) is 15.7. The number of hydrogen-bond acceptors (Lipinski definition) is 8. The lowest BCUT2D eigenvalue weighted by Gasteiger charge is -2.43. The molecule has 2 aliphatic heterocycles. The Hall–Kier alpha value is -3.28. The zero-order chi connectivity index (χ0) is 33.2. The molecule has 4 aliphatic rings. The van der Waals surface area contributed by atoms with Crippen LogP contribution in [-0.2, 0) is 37.3 Å². The molecule has 0 spiro atoms. The summed E-state index contributed by atoms with van der Waals surface area (Å²) in [6.45, 7) is 4.66. The Morgan fingerprint density at radius 2 is 1.89 bits per heavy atom. The van der Waals surface area contributed by atoms with Crippen LogP contribution in [0.3, 0.4) is 0 Å². The van der Waals surface area contributed by atoms with Crippen LogP contribution in [0.4, 0.5) is 10.5 Å². The van der Waals surface area contributed by atoms with Crippen molar-refractivity contribution in [2.75, 3.05) is 24.6 Å². The molecule has 47 heavy (non-hydrogen) atoms. The number of alkyl carbamates (subject to hydrolysis) is 1. The van der Waals surface area contributed by atoms with Gasteiger partial charge in [-0.3, -0.25) is 4.79 Å². The number of fused-ring (bicyclic) bond motifs is 3. The van der Waals surface area contributed by atoms with Gasteiger partial charge in [-0.1, -0.05) is 23.7 Å². The van der Waals surface area contributed by atoms with Gasteiger partial charge < -0.3 is 24.4 Å². The van der Waals surface area contributed by atoms with Crippen molar-refractivity contribution in [1.29, 1.82) is 0 Å². The molecule has 12 heteroatoms. The summed E-state index contributed by atoms with van der Waals surface area (Å²) in [5.74, 6) is -0.000226. The summed E-state index contributed by atoms with van der Waals surface area (Å²) in [6.07, 6.45) is 10.1. The van der Waals surface area contributed by atoms with Crippen LogP contribution in [0.1, 0.15) is 69.9 Å². The highest BCUT2D eigenvalue weighted by atomic mass is 35.5. The number of carbonyl (C=O) groups excluding carboxylic acids is 2. The van der Waals surface area contributed by atoms with Gasteiger partial charge in [-0.05, 0) is 119 Å². The maximum Gasteiger partial charge on any atom is 0.407 e. The monoisotopic (exact) mass is 685 g/mol. The third kappa shape index (κ3) is 7.90. The Morgan fingerprint density at radius 1 is 1.06 bits per heavy atom. The third-order valence-electron chi connectivity index (χ3n) is 9.92. The quantitative estimate of drug-likeness (QED) is 0.375. The zero-order valence-corrected chi connectivity index (χ0v) is 28.6. The molecule has 2 saturated carbocycles. The minimum atomic E-state index is -4.23. The molecular weight excluding hydrogens is 642 g/mol. The van der Waals surface area contributed by atoms with Gasteiger partial charge in [-0.2, -0.15) is 0 Å². The van der Waals surface area contributed by atoms with E-state index in [4.69, 9.17) is 25.8 Å². The van der Waals surface area contributed by atoms with Crippen LogP contribution in [0, 0.1) is 11.8 Å². The van der Waals surface area contributed by atoms with Gasteiger partial charge in [0.15, 0.2) is 0 Å². The van der Waals surface area contributed by atoms with E-state index >= 15 is 0 Å². The number of nitrogens with one attached hydrogen (secondary N) is 2. The second kappa shape index (κ2) is 14.1. The van der Waals surface area contributed by atoms with E-state index in [1.54, 1.807) is 18.2 Å². The molecule has 6 rings (SSSR count). The summed E-state index contributed by atoms with van der Waals surface area (Å²) < 4.78 is 47.6. The molecule has 2 aromatic carbocycles. The zero-order valence-electron chi connectivity index (χ0n) is 27.0. The van der Waals surface area contributed by atoms with Crippen molar-refractivity contribution in [2.24, 2.45) is 11.8 Å². The van der Waals surface area contributed by atoms with Crippen LogP contribution in [0.2, 0.25) is 5.02 Å². The topological polar surface area (TPSA) is 123 Å². The van der Waals surface area contributed by atoms with Crippen molar-refractivity contribution < 1.29 is 32.2 Å². The number of hydrogen-bond donors (Lipinski definition) is 2. The number of anilines is 1. The lowest BCUT2D eigenvalue weighted by atomic mass is 9.70. The summed E-state index contributed by atoms with van der Waals surface area (Å²) in [7, 11) is -4.23. The summed E-state index contributed by atoms with van der Waals surface area (Å²) in [6, 6.07) is 10.7. The number of sulfonamides is 1. The van der Waals surface area contributed by atoms with Crippen LogP contribution in [0.5, 0.6) is 5.75 Å². The molecule has 10 nitrogen and oxygen atoms in total. The summed E-state index contributed by atoms with van der Waals surface area (Å²) in [4.78, 5) is 28.3. The van der Waals surface area contributed by atoms with Gasteiger partial charge in [-0.15, -0.1) is 0 Å². The molecular formula is C35H44ClN3O7S. The number of aryl methyl sites for hydroxylation is 1. The molecule has 2 aliphatic carbocycles. The van der Waals surface area contributed by atoms with Crippen molar-refractivity contribution in [3.8, 4) is 5.75 Å². The Kier molecular flexibility index (Phi) is 10.1. The van der Waals surface area contributed by atoms with E-state index in [1.807, 2.05) is 24.3 Å². The summed E-state index contributed by atoms with van der Waals surface area (Å²) in [5, 5.41) is 3.66. The predicted octanol–water partition coefficient (Wildman–Crippen LogP) is 5.91. The maximum absolute atomic E-state index is 13.6. The molecule has 2 aromatic rings. The lowest BCUT2D eigenvalue weighted by molar-refractivity contribution is -0.139. The van der Waals surface area contributed by atoms with Gasteiger partial charge in [0.05, 0.1) is 17.2 Å². The molecule has 0 saturated heterocycles. The van der Waals surface area contributed by atoms with Crippen LogP contribution in [-0.4, -0.2) is 57.9 Å². The van der Waals surface area contributed by atoms with Gasteiger partial charge in [0.2, 0.25) is 0 Å². The summed E-state index contributed by atoms with van der Waals surface area (Å²) in [5.41, 5.74) is 1.35. The van der Waals surface area contributed by atoms with Crippen molar-refractivity contribution in [2.45, 2.75) is 94.5 Å². The van der Waals surface area contributed by atoms with E-state index < -0.39 is 33.7 Å².